The van der Waals surface area contributed by atoms with Crippen molar-refractivity contribution in [3.63, 3.8) is 0 Å². The fourth-order valence-electron chi connectivity index (χ4n) is 2.13. The minimum Gasteiger partial charge on any atom is -0.354 e. The molecule has 0 saturated heterocycles. The minimum absolute atomic E-state index is 0.0832. The average Bonchev–Trinajstić information content (AvgIpc) is 2.45. The number of para-hydroxylation sites is 1. The number of rotatable bonds is 5. The van der Waals surface area contributed by atoms with Crippen LogP contribution in [-0.2, 0) is 5.41 Å². The third-order valence-corrected chi connectivity index (χ3v) is 3.19. The quantitative estimate of drug-likeness (QED) is 0.857. The van der Waals surface area contributed by atoms with Crippen molar-refractivity contribution in [3.8, 4) is 0 Å². The number of hydrogen-bond donors (Lipinski definition) is 2. The maximum atomic E-state index is 4.50. The van der Waals surface area contributed by atoms with E-state index >= 15 is 0 Å². The molecule has 4 heteroatoms. The van der Waals surface area contributed by atoms with Crippen LogP contribution in [-0.4, -0.2) is 16.5 Å². The van der Waals surface area contributed by atoms with Crippen LogP contribution in [0, 0.1) is 0 Å². The summed E-state index contributed by atoms with van der Waals surface area (Å²) in [4.78, 5) is 8.72. The Balaban J connectivity index is 2.23. The van der Waals surface area contributed by atoms with Crippen LogP contribution in [0.2, 0.25) is 0 Å². The summed E-state index contributed by atoms with van der Waals surface area (Å²) >= 11 is 0. The average molecular weight is 284 g/mol. The summed E-state index contributed by atoms with van der Waals surface area (Å²) in [7, 11) is 0. The molecule has 112 valence electrons. The van der Waals surface area contributed by atoms with Gasteiger partial charge in [-0.3, -0.25) is 0 Å². The first-order valence-electron chi connectivity index (χ1n) is 7.44. The van der Waals surface area contributed by atoms with Crippen molar-refractivity contribution < 1.29 is 0 Å². The highest BCUT2D eigenvalue weighted by atomic mass is 15.1. The van der Waals surface area contributed by atoms with E-state index in [1.54, 1.807) is 6.20 Å². The van der Waals surface area contributed by atoms with Gasteiger partial charge in [-0.15, -0.1) is 0 Å². The van der Waals surface area contributed by atoms with Crippen LogP contribution in [0.1, 0.15) is 39.7 Å². The number of aromatic nitrogens is 2. The zero-order chi connectivity index (χ0) is 15.3. The third-order valence-electron chi connectivity index (χ3n) is 3.19. The summed E-state index contributed by atoms with van der Waals surface area (Å²) in [6.45, 7) is 9.63. The molecule has 21 heavy (non-hydrogen) atoms. The lowest BCUT2D eigenvalue weighted by atomic mass is 9.86. The fourth-order valence-corrected chi connectivity index (χ4v) is 2.13. The Morgan fingerprint density at radius 2 is 1.86 bits per heavy atom. The van der Waals surface area contributed by atoms with Gasteiger partial charge in [-0.2, -0.15) is 4.98 Å². The van der Waals surface area contributed by atoms with Gasteiger partial charge >= 0.3 is 0 Å². The largest absolute Gasteiger partial charge is 0.354 e. The van der Waals surface area contributed by atoms with Crippen LogP contribution in [0.15, 0.2) is 36.5 Å². The first kappa shape index (κ1) is 15.3. The SMILES string of the molecule is CCCNc1nccc(Nc2ccccc2C(C)(C)C)n1. The standard InChI is InChI=1S/C17H24N4/c1-5-11-18-16-19-12-10-15(21-16)20-14-9-7-6-8-13(14)17(2,3)4/h6-10,12H,5,11H2,1-4H3,(H2,18,19,20,21). The lowest BCUT2D eigenvalue weighted by Crippen LogP contribution is -2.14. The molecule has 0 aliphatic carbocycles. The van der Waals surface area contributed by atoms with Gasteiger partial charge in [0, 0.05) is 18.4 Å². The molecule has 0 aliphatic rings. The highest BCUT2D eigenvalue weighted by Gasteiger charge is 2.17. The van der Waals surface area contributed by atoms with Gasteiger partial charge in [0.15, 0.2) is 0 Å². The smallest absolute Gasteiger partial charge is 0.224 e. The Hall–Kier alpha value is -2.10. The predicted octanol–water partition coefficient (Wildman–Crippen LogP) is 4.34. The van der Waals surface area contributed by atoms with Gasteiger partial charge in [-0.1, -0.05) is 45.9 Å². The zero-order valence-electron chi connectivity index (χ0n) is 13.3. The second-order valence-electron chi connectivity index (χ2n) is 6.11. The second kappa shape index (κ2) is 6.57. The molecule has 0 bridgehead atoms. The van der Waals surface area contributed by atoms with E-state index < -0.39 is 0 Å². The van der Waals surface area contributed by atoms with Crippen LogP contribution in [0.3, 0.4) is 0 Å². The van der Waals surface area contributed by atoms with Gasteiger partial charge in [0.2, 0.25) is 5.95 Å². The summed E-state index contributed by atoms with van der Waals surface area (Å²) in [6, 6.07) is 10.2. The molecule has 0 amide bonds. The van der Waals surface area contributed by atoms with Gasteiger partial charge in [0.05, 0.1) is 0 Å². The molecule has 1 heterocycles. The van der Waals surface area contributed by atoms with Gasteiger partial charge in [0.25, 0.3) is 0 Å². The highest BCUT2D eigenvalue weighted by molar-refractivity contribution is 5.62. The monoisotopic (exact) mass is 284 g/mol. The van der Waals surface area contributed by atoms with Crippen LogP contribution in [0.4, 0.5) is 17.5 Å². The van der Waals surface area contributed by atoms with E-state index in [-0.39, 0.29) is 5.41 Å². The van der Waals surface area contributed by atoms with E-state index in [2.05, 4.69) is 66.5 Å². The van der Waals surface area contributed by atoms with E-state index in [0.29, 0.717) is 5.95 Å². The van der Waals surface area contributed by atoms with E-state index in [0.717, 1.165) is 24.5 Å². The third kappa shape index (κ3) is 4.18. The molecule has 2 rings (SSSR count). The van der Waals surface area contributed by atoms with Crippen molar-refractivity contribution in [1.29, 1.82) is 0 Å². The van der Waals surface area contributed by atoms with E-state index in [1.807, 2.05) is 12.1 Å². The van der Waals surface area contributed by atoms with Crippen molar-refractivity contribution in [2.24, 2.45) is 0 Å². The summed E-state index contributed by atoms with van der Waals surface area (Å²) < 4.78 is 0. The molecular formula is C17H24N4. The Morgan fingerprint density at radius 3 is 2.57 bits per heavy atom. The first-order valence-corrected chi connectivity index (χ1v) is 7.44. The molecule has 1 aromatic heterocycles. The number of hydrogen-bond acceptors (Lipinski definition) is 4. The van der Waals surface area contributed by atoms with Gasteiger partial charge in [-0.25, -0.2) is 4.98 Å². The number of benzene rings is 1. The number of anilines is 3. The Labute approximate surface area is 127 Å². The van der Waals surface area contributed by atoms with Crippen molar-refractivity contribution in [2.45, 2.75) is 39.5 Å². The van der Waals surface area contributed by atoms with Crippen LogP contribution >= 0.6 is 0 Å². The molecule has 0 aliphatic heterocycles. The number of nitrogens with zero attached hydrogens (tertiary/aromatic N) is 2. The Bertz CT molecular complexity index is 587. The van der Waals surface area contributed by atoms with Crippen LogP contribution in [0.5, 0.6) is 0 Å². The molecule has 1 aromatic carbocycles. The van der Waals surface area contributed by atoms with Crippen molar-refractivity contribution in [1.82, 2.24) is 9.97 Å². The molecule has 0 spiro atoms. The van der Waals surface area contributed by atoms with E-state index in [4.69, 9.17) is 0 Å². The maximum absolute atomic E-state index is 4.50. The normalized spacial score (nSPS) is 11.2. The zero-order valence-corrected chi connectivity index (χ0v) is 13.3. The number of nitrogens with one attached hydrogen (secondary N) is 2. The van der Waals surface area contributed by atoms with Crippen molar-refractivity contribution >= 4 is 17.5 Å². The Morgan fingerprint density at radius 1 is 1.10 bits per heavy atom. The van der Waals surface area contributed by atoms with Crippen molar-refractivity contribution in [3.05, 3.63) is 42.1 Å². The van der Waals surface area contributed by atoms with Gasteiger partial charge < -0.3 is 10.6 Å². The van der Waals surface area contributed by atoms with Crippen LogP contribution in [0.25, 0.3) is 0 Å². The topological polar surface area (TPSA) is 49.8 Å². The van der Waals surface area contributed by atoms with Gasteiger partial charge in [0.1, 0.15) is 5.82 Å². The second-order valence-corrected chi connectivity index (χ2v) is 6.11. The molecule has 0 fully saturated rings. The molecular weight excluding hydrogens is 260 g/mol. The molecule has 4 nitrogen and oxygen atoms in total. The minimum atomic E-state index is 0.0832. The van der Waals surface area contributed by atoms with E-state index in [9.17, 15) is 0 Å². The van der Waals surface area contributed by atoms with Crippen LogP contribution < -0.4 is 10.6 Å². The fraction of sp³-hybridized carbons (Fsp3) is 0.412. The maximum Gasteiger partial charge on any atom is 0.224 e. The summed E-state index contributed by atoms with van der Waals surface area (Å²) in [6.07, 6.45) is 2.82. The Kier molecular flexibility index (Phi) is 4.78. The molecule has 0 atom stereocenters. The lowest BCUT2D eigenvalue weighted by molar-refractivity contribution is 0.592. The first-order chi connectivity index (χ1) is 10.0. The lowest BCUT2D eigenvalue weighted by Gasteiger charge is -2.23. The molecule has 0 radical (unpaired) electrons. The molecule has 2 N–H and O–H groups in total. The molecule has 0 saturated carbocycles. The summed E-state index contributed by atoms with van der Waals surface area (Å²) in [5.74, 6) is 1.47. The predicted molar refractivity (Wildman–Crippen MR) is 89.2 cm³/mol. The molecule has 0 unspecified atom stereocenters. The van der Waals surface area contributed by atoms with Gasteiger partial charge in [-0.05, 0) is 29.5 Å². The summed E-state index contributed by atoms with van der Waals surface area (Å²) in [5, 5.41) is 6.61. The summed E-state index contributed by atoms with van der Waals surface area (Å²) in [5.41, 5.74) is 2.44. The van der Waals surface area contributed by atoms with Crippen molar-refractivity contribution in [2.75, 3.05) is 17.2 Å². The highest BCUT2D eigenvalue weighted by Crippen LogP contribution is 2.30. The molecule has 2 aromatic rings. The van der Waals surface area contributed by atoms with E-state index in [1.165, 1.54) is 5.56 Å².